The third kappa shape index (κ3) is 0.980. The van der Waals surface area contributed by atoms with Gasteiger partial charge in [0.2, 0.25) is 0 Å². The number of aryl methyl sites for hydroxylation is 1. The third-order valence-corrected chi connectivity index (χ3v) is 1.80. The van der Waals surface area contributed by atoms with Crippen molar-refractivity contribution < 1.29 is 0 Å². The molecule has 0 unspecified atom stereocenters. The summed E-state index contributed by atoms with van der Waals surface area (Å²) >= 11 is 6.86. The topological polar surface area (TPSA) is 25.8 Å². The molecule has 0 aromatic carbocycles. The first-order valence-corrected chi connectivity index (χ1v) is 3.49. The fraction of sp³-hybridized carbons (Fsp3) is 0.500. The number of alkyl halides is 1. The van der Waals surface area contributed by atoms with E-state index in [1.54, 1.807) is 0 Å². The smallest absolute Gasteiger partial charge is 0.0932 e. The van der Waals surface area contributed by atoms with Crippen LogP contribution in [0.15, 0.2) is 0 Å². The zero-order valence-corrected chi connectivity index (χ0v) is 5.96. The normalized spacial score (nSPS) is 9.75. The van der Waals surface area contributed by atoms with Gasteiger partial charge in [-0.1, -0.05) is 4.49 Å². The number of hydrogen-bond acceptors (Lipinski definition) is 3. The number of hydrogen-bond donors (Lipinski definition) is 0. The first-order valence-electron chi connectivity index (χ1n) is 2.18. The Morgan fingerprint density at radius 3 is 2.75 bits per heavy atom. The zero-order valence-electron chi connectivity index (χ0n) is 4.39. The van der Waals surface area contributed by atoms with Crippen LogP contribution in [0.4, 0.5) is 0 Å². The molecule has 0 radical (unpaired) electrons. The summed E-state index contributed by atoms with van der Waals surface area (Å²) in [5.74, 6) is 0.475. The largest absolute Gasteiger partial charge is 0.142 e. The molecule has 4 heteroatoms. The number of rotatable bonds is 1. The summed E-state index contributed by atoms with van der Waals surface area (Å²) in [5.41, 5.74) is 0.900. The molecule has 0 amide bonds. The Labute approximate surface area is 56.7 Å². The maximum Gasteiger partial charge on any atom is 0.0932 e. The van der Waals surface area contributed by atoms with Crippen molar-refractivity contribution in [3.05, 3.63) is 10.6 Å². The van der Waals surface area contributed by atoms with E-state index in [2.05, 4.69) is 9.59 Å². The van der Waals surface area contributed by atoms with Gasteiger partial charge in [0.05, 0.1) is 11.6 Å². The van der Waals surface area contributed by atoms with Gasteiger partial charge in [0.1, 0.15) is 0 Å². The lowest BCUT2D eigenvalue weighted by Crippen LogP contribution is -1.78. The molecule has 1 rings (SSSR count). The molecule has 0 bridgehead atoms. The molecule has 0 saturated carbocycles. The fourth-order valence-electron chi connectivity index (χ4n) is 0.375. The van der Waals surface area contributed by atoms with E-state index in [9.17, 15) is 0 Å². The minimum Gasteiger partial charge on any atom is -0.142 e. The van der Waals surface area contributed by atoms with Crippen LogP contribution >= 0.6 is 23.1 Å². The molecule has 44 valence electrons. The van der Waals surface area contributed by atoms with Crippen LogP contribution in [0.1, 0.15) is 10.6 Å². The summed E-state index contributed by atoms with van der Waals surface area (Å²) in [7, 11) is 0. The molecule has 1 heterocycles. The molecule has 0 spiro atoms. The predicted molar refractivity (Wildman–Crippen MR) is 34.2 cm³/mol. The van der Waals surface area contributed by atoms with Gasteiger partial charge in [-0.2, -0.15) is 0 Å². The summed E-state index contributed by atoms with van der Waals surface area (Å²) in [5, 5.41) is 3.77. The molecule has 1 aromatic rings. The molecular weight excluding hydrogens is 144 g/mol. The van der Waals surface area contributed by atoms with Gasteiger partial charge in [-0.25, -0.2) is 0 Å². The fourth-order valence-corrected chi connectivity index (χ4v) is 1.19. The van der Waals surface area contributed by atoms with Crippen LogP contribution in [0, 0.1) is 6.92 Å². The van der Waals surface area contributed by atoms with Crippen LogP contribution in [0.25, 0.3) is 0 Å². The van der Waals surface area contributed by atoms with E-state index in [1.165, 1.54) is 11.5 Å². The van der Waals surface area contributed by atoms with Crippen molar-refractivity contribution in [1.82, 2.24) is 9.59 Å². The van der Waals surface area contributed by atoms with Crippen molar-refractivity contribution >= 4 is 23.1 Å². The van der Waals surface area contributed by atoms with E-state index in [0.717, 1.165) is 10.6 Å². The molecule has 0 aliphatic carbocycles. The Morgan fingerprint density at radius 1 is 1.75 bits per heavy atom. The van der Waals surface area contributed by atoms with Gasteiger partial charge >= 0.3 is 0 Å². The number of aromatic nitrogens is 2. The number of halogens is 1. The average molecular weight is 149 g/mol. The Morgan fingerprint density at radius 2 is 2.50 bits per heavy atom. The molecule has 2 nitrogen and oxygen atoms in total. The molecule has 0 atom stereocenters. The first kappa shape index (κ1) is 5.98. The van der Waals surface area contributed by atoms with E-state index in [1.807, 2.05) is 6.92 Å². The Balaban J connectivity index is 2.92. The zero-order chi connectivity index (χ0) is 5.98. The van der Waals surface area contributed by atoms with Gasteiger partial charge in [0.25, 0.3) is 0 Å². The van der Waals surface area contributed by atoms with Gasteiger partial charge in [0.15, 0.2) is 0 Å². The molecule has 0 fully saturated rings. The Bertz CT molecular complexity index is 174. The monoisotopic (exact) mass is 148 g/mol. The van der Waals surface area contributed by atoms with Crippen molar-refractivity contribution in [2.24, 2.45) is 0 Å². The van der Waals surface area contributed by atoms with E-state index >= 15 is 0 Å². The lowest BCUT2D eigenvalue weighted by atomic mass is 10.4. The second kappa shape index (κ2) is 2.42. The second-order valence-electron chi connectivity index (χ2n) is 1.41. The van der Waals surface area contributed by atoms with Crippen LogP contribution in [0.2, 0.25) is 0 Å². The SMILES string of the molecule is Cc1snnc1CCl. The highest BCUT2D eigenvalue weighted by molar-refractivity contribution is 7.05. The van der Waals surface area contributed by atoms with Crippen LogP contribution in [-0.4, -0.2) is 9.59 Å². The maximum atomic E-state index is 5.48. The summed E-state index contributed by atoms with van der Waals surface area (Å²) in [6.45, 7) is 1.96. The van der Waals surface area contributed by atoms with Crippen LogP contribution in [0.5, 0.6) is 0 Å². The minimum atomic E-state index is 0.475. The minimum absolute atomic E-state index is 0.475. The van der Waals surface area contributed by atoms with E-state index < -0.39 is 0 Å². The van der Waals surface area contributed by atoms with E-state index in [0.29, 0.717) is 5.88 Å². The lowest BCUT2D eigenvalue weighted by molar-refractivity contribution is 1.06. The van der Waals surface area contributed by atoms with Gasteiger partial charge in [-0.05, 0) is 18.5 Å². The van der Waals surface area contributed by atoms with E-state index in [4.69, 9.17) is 11.6 Å². The first-order chi connectivity index (χ1) is 3.84. The maximum absolute atomic E-state index is 5.48. The van der Waals surface area contributed by atoms with Crippen molar-refractivity contribution in [3.63, 3.8) is 0 Å². The van der Waals surface area contributed by atoms with Gasteiger partial charge in [-0.3, -0.25) is 0 Å². The van der Waals surface area contributed by atoms with Crippen molar-refractivity contribution in [1.29, 1.82) is 0 Å². The molecule has 0 saturated heterocycles. The van der Waals surface area contributed by atoms with Crippen molar-refractivity contribution in [2.45, 2.75) is 12.8 Å². The van der Waals surface area contributed by atoms with Gasteiger partial charge in [-0.15, -0.1) is 16.7 Å². The van der Waals surface area contributed by atoms with Crippen molar-refractivity contribution in [3.8, 4) is 0 Å². The van der Waals surface area contributed by atoms with Crippen LogP contribution in [-0.2, 0) is 5.88 Å². The standard InChI is InChI=1S/C4H5ClN2S/c1-3-4(2-5)6-7-8-3/h2H2,1H3. The summed E-state index contributed by atoms with van der Waals surface area (Å²) in [6.07, 6.45) is 0. The molecule has 0 N–H and O–H groups in total. The molecule has 0 aliphatic heterocycles. The Kier molecular flexibility index (Phi) is 1.81. The van der Waals surface area contributed by atoms with Crippen LogP contribution in [0.3, 0.4) is 0 Å². The summed E-state index contributed by atoms with van der Waals surface area (Å²) in [4.78, 5) is 1.11. The predicted octanol–water partition coefficient (Wildman–Crippen LogP) is 1.59. The Hall–Kier alpha value is -0.150. The second-order valence-corrected chi connectivity index (χ2v) is 2.63. The highest BCUT2D eigenvalue weighted by Gasteiger charge is 1.97. The average Bonchev–Trinajstić information content (AvgIpc) is 2.14. The highest BCUT2D eigenvalue weighted by Crippen LogP contribution is 2.09. The summed E-state index contributed by atoms with van der Waals surface area (Å²) < 4.78 is 3.70. The van der Waals surface area contributed by atoms with Crippen molar-refractivity contribution in [2.75, 3.05) is 0 Å². The third-order valence-electron chi connectivity index (χ3n) is 0.872. The molecular formula is C4H5ClN2S. The summed E-state index contributed by atoms with van der Waals surface area (Å²) in [6, 6.07) is 0. The van der Waals surface area contributed by atoms with Gasteiger partial charge in [0, 0.05) is 4.88 Å². The van der Waals surface area contributed by atoms with Crippen LogP contribution < -0.4 is 0 Å². The number of nitrogens with zero attached hydrogens (tertiary/aromatic N) is 2. The molecule has 1 aromatic heterocycles. The lowest BCUT2D eigenvalue weighted by Gasteiger charge is -1.81. The highest BCUT2D eigenvalue weighted by atomic mass is 35.5. The van der Waals surface area contributed by atoms with Gasteiger partial charge < -0.3 is 0 Å². The quantitative estimate of drug-likeness (QED) is 0.566. The van der Waals surface area contributed by atoms with E-state index in [-0.39, 0.29) is 0 Å². The molecule has 0 aliphatic rings. The molecule has 8 heavy (non-hydrogen) atoms.